The minimum Gasteiger partial charge on any atom is -0.366 e. The molecule has 3 aromatic rings. The average Bonchev–Trinajstić information content (AvgIpc) is 3.16. The molecule has 1 atom stereocenters. The summed E-state index contributed by atoms with van der Waals surface area (Å²) >= 11 is 5.95. The van der Waals surface area contributed by atoms with Crippen LogP contribution in [0, 0.1) is 0 Å². The lowest BCUT2D eigenvalue weighted by atomic mass is 10.2. The van der Waals surface area contributed by atoms with Gasteiger partial charge in [-0.05, 0) is 25.1 Å². The summed E-state index contributed by atoms with van der Waals surface area (Å²) in [7, 11) is 0. The molecule has 1 saturated heterocycles. The summed E-state index contributed by atoms with van der Waals surface area (Å²) in [6, 6.07) is 8.14. The van der Waals surface area contributed by atoms with E-state index in [1.807, 2.05) is 18.2 Å². The van der Waals surface area contributed by atoms with Crippen LogP contribution in [0.2, 0.25) is 5.02 Å². The van der Waals surface area contributed by atoms with Crippen molar-refractivity contribution in [1.82, 2.24) is 24.9 Å². The normalized spacial score (nSPS) is 18.0. The van der Waals surface area contributed by atoms with Crippen LogP contribution in [-0.4, -0.2) is 38.7 Å². The molecule has 6 nitrogen and oxygen atoms in total. The summed E-state index contributed by atoms with van der Waals surface area (Å²) < 4.78 is 1.75. The highest BCUT2D eigenvalue weighted by molar-refractivity contribution is 6.30. The largest absolute Gasteiger partial charge is 0.366 e. The molecule has 2 N–H and O–H groups in total. The van der Waals surface area contributed by atoms with Gasteiger partial charge in [0.25, 0.3) is 0 Å². The number of aromatic nitrogens is 4. The lowest BCUT2D eigenvalue weighted by Gasteiger charge is -2.12. The Morgan fingerprint density at radius 2 is 2.27 bits per heavy atom. The van der Waals surface area contributed by atoms with Crippen molar-refractivity contribution >= 4 is 23.1 Å². The molecule has 1 fully saturated rings. The third-order valence-corrected chi connectivity index (χ3v) is 3.96. The van der Waals surface area contributed by atoms with Crippen LogP contribution in [0.1, 0.15) is 6.42 Å². The summed E-state index contributed by atoms with van der Waals surface area (Å²) in [4.78, 5) is 9.01. The van der Waals surface area contributed by atoms with Gasteiger partial charge in [0, 0.05) is 18.7 Å². The Morgan fingerprint density at radius 3 is 3.14 bits per heavy atom. The van der Waals surface area contributed by atoms with Gasteiger partial charge in [-0.25, -0.2) is 14.5 Å². The highest BCUT2D eigenvalue weighted by atomic mass is 35.5. The molecule has 0 spiro atoms. The van der Waals surface area contributed by atoms with Crippen molar-refractivity contribution in [2.45, 2.75) is 12.5 Å². The molecule has 0 aliphatic carbocycles. The Hall–Kier alpha value is -2.18. The molecule has 4 rings (SSSR count). The van der Waals surface area contributed by atoms with Gasteiger partial charge in [-0.1, -0.05) is 17.7 Å². The van der Waals surface area contributed by atoms with Gasteiger partial charge in [0.05, 0.1) is 23.1 Å². The van der Waals surface area contributed by atoms with Gasteiger partial charge in [0.1, 0.15) is 11.5 Å². The van der Waals surface area contributed by atoms with E-state index < -0.39 is 0 Å². The van der Waals surface area contributed by atoms with E-state index in [0.717, 1.165) is 36.7 Å². The van der Waals surface area contributed by atoms with Crippen molar-refractivity contribution in [3.63, 3.8) is 0 Å². The second kappa shape index (κ2) is 5.55. The summed E-state index contributed by atoms with van der Waals surface area (Å²) in [6.07, 6.45) is 4.48. The van der Waals surface area contributed by atoms with Crippen molar-refractivity contribution in [2.24, 2.45) is 0 Å². The van der Waals surface area contributed by atoms with Crippen LogP contribution in [0.25, 0.3) is 17.0 Å². The van der Waals surface area contributed by atoms with E-state index in [2.05, 4.69) is 25.7 Å². The third-order valence-electron chi connectivity index (χ3n) is 3.75. The van der Waals surface area contributed by atoms with Gasteiger partial charge in [-0.3, -0.25) is 0 Å². The summed E-state index contributed by atoms with van der Waals surface area (Å²) in [5, 5.41) is 11.7. The van der Waals surface area contributed by atoms with E-state index in [1.165, 1.54) is 0 Å². The number of hydrogen-bond acceptors (Lipinski definition) is 5. The third kappa shape index (κ3) is 2.51. The van der Waals surface area contributed by atoms with Crippen LogP contribution in [0.15, 0.2) is 36.7 Å². The Bertz CT molecular complexity index is 809. The zero-order valence-electron chi connectivity index (χ0n) is 11.8. The van der Waals surface area contributed by atoms with Crippen LogP contribution >= 0.6 is 11.6 Å². The monoisotopic (exact) mass is 314 g/mol. The van der Waals surface area contributed by atoms with Gasteiger partial charge >= 0.3 is 0 Å². The summed E-state index contributed by atoms with van der Waals surface area (Å²) in [5.74, 6) is 0.870. The number of anilines is 1. The average molecular weight is 315 g/mol. The number of hydrogen-bond donors (Lipinski definition) is 2. The fraction of sp³-hybridized carbons (Fsp3) is 0.267. The molecule has 1 unspecified atom stereocenters. The van der Waals surface area contributed by atoms with Crippen molar-refractivity contribution in [3.8, 4) is 11.4 Å². The van der Waals surface area contributed by atoms with Gasteiger partial charge in [-0.15, -0.1) is 0 Å². The van der Waals surface area contributed by atoms with Crippen molar-refractivity contribution in [3.05, 3.63) is 41.7 Å². The summed E-state index contributed by atoms with van der Waals surface area (Å²) in [5.41, 5.74) is 2.39. The quantitative estimate of drug-likeness (QED) is 0.776. The number of rotatable bonds is 3. The number of nitrogens with zero attached hydrogens (tertiary/aromatic N) is 4. The van der Waals surface area contributed by atoms with Crippen LogP contribution in [-0.2, 0) is 0 Å². The molecule has 112 valence electrons. The maximum absolute atomic E-state index is 5.95. The fourth-order valence-electron chi connectivity index (χ4n) is 2.67. The maximum atomic E-state index is 5.95. The highest BCUT2D eigenvalue weighted by Gasteiger charge is 2.15. The molecule has 4 heterocycles. The Kier molecular flexibility index (Phi) is 3.40. The number of pyridine rings is 1. The predicted octanol–water partition coefficient (Wildman–Crippen LogP) is 2.22. The van der Waals surface area contributed by atoms with Crippen LogP contribution in [0.5, 0.6) is 0 Å². The molecule has 1 aliphatic rings. The van der Waals surface area contributed by atoms with Gasteiger partial charge in [0.2, 0.25) is 0 Å². The smallest absolute Gasteiger partial charge is 0.155 e. The van der Waals surface area contributed by atoms with E-state index >= 15 is 0 Å². The molecule has 1 aliphatic heterocycles. The number of halogens is 1. The molecule has 3 aromatic heterocycles. The minimum atomic E-state index is 0.432. The number of nitrogens with one attached hydrogen (secondary N) is 2. The molecule has 7 heteroatoms. The van der Waals surface area contributed by atoms with E-state index in [4.69, 9.17) is 11.6 Å². The topological polar surface area (TPSA) is 67.1 Å². The van der Waals surface area contributed by atoms with Crippen LogP contribution < -0.4 is 10.6 Å². The highest BCUT2D eigenvalue weighted by Crippen LogP contribution is 2.21. The molecule has 0 aromatic carbocycles. The lowest BCUT2D eigenvalue weighted by molar-refractivity contribution is 0.788. The Balaban J connectivity index is 1.68. The molecule has 0 bridgehead atoms. The van der Waals surface area contributed by atoms with E-state index in [-0.39, 0.29) is 0 Å². The predicted molar refractivity (Wildman–Crippen MR) is 86.1 cm³/mol. The van der Waals surface area contributed by atoms with Crippen molar-refractivity contribution in [1.29, 1.82) is 0 Å². The van der Waals surface area contributed by atoms with Gasteiger partial charge in [0.15, 0.2) is 5.65 Å². The molecular weight excluding hydrogens is 300 g/mol. The Labute approximate surface area is 132 Å². The van der Waals surface area contributed by atoms with Crippen LogP contribution in [0.4, 0.5) is 5.82 Å². The maximum Gasteiger partial charge on any atom is 0.155 e. The van der Waals surface area contributed by atoms with Crippen LogP contribution in [0.3, 0.4) is 0 Å². The standard InChI is InChI=1S/C15H15ClN6/c16-10-6-15-18-9-13(22(15)19-7-10)12-2-1-3-14(21-12)20-11-4-5-17-8-11/h1-3,6-7,9,11,17H,4-5,8H2,(H,20,21). The van der Waals surface area contributed by atoms with Crippen molar-refractivity contribution in [2.75, 3.05) is 18.4 Å². The first-order valence-corrected chi connectivity index (χ1v) is 7.61. The second-order valence-electron chi connectivity index (χ2n) is 5.33. The zero-order valence-corrected chi connectivity index (χ0v) is 12.6. The molecule has 22 heavy (non-hydrogen) atoms. The van der Waals surface area contributed by atoms with Gasteiger partial charge < -0.3 is 10.6 Å². The number of fused-ring (bicyclic) bond motifs is 1. The van der Waals surface area contributed by atoms with E-state index in [9.17, 15) is 0 Å². The molecular formula is C15H15ClN6. The van der Waals surface area contributed by atoms with Gasteiger partial charge in [-0.2, -0.15) is 5.10 Å². The summed E-state index contributed by atoms with van der Waals surface area (Å²) in [6.45, 7) is 2.02. The molecule has 0 saturated carbocycles. The Morgan fingerprint density at radius 1 is 1.32 bits per heavy atom. The van der Waals surface area contributed by atoms with E-state index in [1.54, 1.807) is 23.0 Å². The minimum absolute atomic E-state index is 0.432. The SMILES string of the molecule is Clc1cnn2c(-c3cccc(NC4CCNC4)n3)cnc2c1. The lowest BCUT2D eigenvalue weighted by Crippen LogP contribution is -2.22. The fourth-order valence-corrected chi connectivity index (χ4v) is 2.81. The first kappa shape index (κ1) is 13.5. The van der Waals surface area contributed by atoms with Crippen molar-refractivity contribution < 1.29 is 0 Å². The van der Waals surface area contributed by atoms with E-state index in [0.29, 0.717) is 16.7 Å². The zero-order chi connectivity index (χ0) is 14.9. The number of imidazole rings is 1. The molecule has 0 radical (unpaired) electrons. The second-order valence-corrected chi connectivity index (χ2v) is 5.77. The first-order valence-electron chi connectivity index (χ1n) is 7.23. The first-order chi connectivity index (χ1) is 10.8. The molecule has 0 amide bonds.